The first-order chi connectivity index (χ1) is 10.1. The number of anilines is 1. The van der Waals surface area contributed by atoms with Gasteiger partial charge in [-0.2, -0.15) is 0 Å². The molecule has 0 fully saturated rings. The maximum Gasteiger partial charge on any atom is 0.231 e. The maximum absolute atomic E-state index is 12.6. The van der Waals surface area contributed by atoms with Gasteiger partial charge in [-0.15, -0.1) is 0 Å². The third-order valence-electron chi connectivity index (χ3n) is 4.11. The third kappa shape index (κ3) is 3.03. The summed E-state index contributed by atoms with van der Waals surface area (Å²) >= 11 is 3.48. The minimum Gasteiger partial charge on any atom is -0.326 e. The van der Waals surface area contributed by atoms with Crippen LogP contribution in [0.15, 0.2) is 46.9 Å². The zero-order valence-electron chi connectivity index (χ0n) is 12.0. The van der Waals surface area contributed by atoms with Gasteiger partial charge < -0.3 is 5.32 Å². The number of benzene rings is 2. The van der Waals surface area contributed by atoms with E-state index in [1.165, 1.54) is 11.1 Å². The first-order valence-corrected chi connectivity index (χ1v) is 8.09. The minimum atomic E-state index is -0.0288. The molecule has 2 aromatic carbocycles. The van der Waals surface area contributed by atoms with E-state index in [1.54, 1.807) is 0 Å². The van der Waals surface area contributed by atoms with Crippen molar-refractivity contribution in [1.29, 1.82) is 0 Å². The molecule has 108 valence electrons. The van der Waals surface area contributed by atoms with Crippen LogP contribution < -0.4 is 5.32 Å². The second kappa shape index (κ2) is 6.02. The summed E-state index contributed by atoms with van der Waals surface area (Å²) in [5.74, 6) is 0.0720. The standard InChI is InChI=1S/C18H18BrNO/c1-12-11-14(9-10-17(12)19)20-18(21)16-8-4-6-13-5-2-3-7-15(13)16/h2-3,5,7,9-11,16H,4,6,8H2,1H3,(H,20,21). The number of hydrogen-bond acceptors (Lipinski definition) is 1. The van der Waals surface area contributed by atoms with Gasteiger partial charge in [0.1, 0.15) is 0 Å². The van der Waals surface area contributed by atoms with Gasteiger partial charge in [0.05, 0.1) is 5.92 Å². The number of nitrogens with one attached hydrogen (secondary N) is 1. The average Bonchev–Trinajstić information content (AvgIpc) is 2.50. The lowest BCUT2D eigenvalue weighted by molar-refractivity contribution is -0.117. The van der Waals surface area contributed by atoms with Crippen molar-refractivity contribution in [3.8, 4) is 0 Å². The molecule has 1 N–H and O–H groups in total. The van der Waals surface area contributed by atoms with Crippen molar-refractivity contribution in [3.05, 3.63) is 63.6 Å². The summed E-state index contributed by atoms with van der Waals surface area (Å²) in [6, 6.07) is 14.2. The van der Waals surface area contributed by atoms with Crippen molar-refractivity contribution in [2.75, 3.05) is 5.32 Å². The average molecular weight is 344 g/mol. The molecule has 1 atom stereocenters. The molecule has 0 spiro atoms. The lowest BCUT2D eigenvalue weighted by Crippen LogP contribution is -2.24. The Hall–Kier alpha value is -1.61. The number of carbonyl (C=O) groups is 1. The number of amides is 1. The number of carbonyl (C=O) groups excluding carboxylic acids is 1. The predicted molar refractivity (Wildman–Crippen MR) is 89.6 cm³/mol. The number of aryl methyl sites for hydroxylation is 2. The normalized spacial score (nSPS) is 17.1. The maximum atomic E-state index is 12.6. The molecule has 3 heteroatoms. The number of hydrogen-bond donors (Lipinski definition) is 1. The van der Waals surface area contributed by atoms with Crippen molar-refractivity contribution in [3.63, 3.8) is 0 Å². The Morgan fingerprint density at radius 3 is 2.86 bits per heavy atom. The van der Waals surface area contributed by atoms with Crippen molar-refractivity contribution in [2.45, 2.75) is 32.1 Å². The summed E-state index contributed by atoms with van der Waals surface area (Å²) in [7, 11) is 0. The van der Waals surface area contributed by atoms with Crippen LogP contribution in [-0.2, 0) is 11.2 Å². The van der Waals surface area contributed by atoms with Gasteiger partial charge in [-0.05, 0) is 61.1 Å². The first kappa shape index (κ1) is 14.3. The topological polar surface area (TPSA) is 29.1 Å². The SMILES string of the molecule is Cc1cc(NC(=O)C2CCCc3ccccc32)ccc1Br. The van der Waals surface area contributed by atoms with Crippen molar-refractivity contribution in [1.82, 2.24) is 0 Å². The first-order valence-electron chi connectivity index (χ1n) is 7.30. The Kier molecular flexibility index (Phi) is 4.11. The fourth-order valence-corrected chi connectivity index (χ4v) is 3.22. The smallest absolute Gasteiger partial charge is 0.231 e. The molecule has 0 aromatic heterocycles. The largest absolute Gasteiger partial charge is 0.326 e. The Bertz CT molecular complexity index is 681. The van der Waals surface area contributed by atoms with Crippen LogP contribution in [0.5, 0.6) is 0 Å². The van der Waals surface area contributed by atoms with E-state index in [9.17, 15) is 4.79 Å². The van der Waals surface area contributed by atoms with Gasteiger partial charge in [-0.1, -0.05) is 40.2 Å². The Morgan fingerprint density at radius 1 is 1.24 bits per heavy atom. The van der Waals surface area contributed by atoms with Crippen LogP contribution >= 0.6 is 15.9 Å². The summed E-state index contributed by atoms with van der Waals surface area (Å²) in [5.41, 5.74) is 4.49. The summed E-state index contributed by atoms with van der Waals surface area (Å²) in [4.78, 5) is 12.6. The van der Waals surface area contributed by atoms with Crippen LogP contribution in [0.1, 0.15) is 35.4 Å². The van der Waals surface area contributed by atoms with E-state index < -0.39 is 0 Å². The van der Waals surface area contributed by atoms with E-state index in [4.69, 9.17) is 0 Å². The zero-order chi connectivity index (χ0) is 14.8. The van der Waals surface area contributed by atoms with Crippen LogP contribution in [0, 0.1) is 6.92 Å². The van der Waals surface area contributed by atoms with Gasteiger partial charge >= 0.3 is 0 Å². The second-order valence-electron chi connectivity index (χ2n) is 5.60. The molecule has 0 saturated heterocycles. The highest BCUT2D eigenvalue weighted by molar-refractivity contribution is 9.10. The lowest BCUT2D eigenvalue weighted by Gasteiger charge is -2.24. The molecule has 3 rings (SSSR count). The van der Waals surface area contributed by atoms with Crippen LogP contribution in [0.2, 0.25) is 0 Å². The molecule has 2 aromatic rings. The van der Waals surface area contributed by atoms with Crippen molar-refractivity contribution < 1.29 is 4.79 Å². The second-order valence-corrected chi connectivity index (χ2v) is 6.45. The highest BCUT2D eigenvalue weighted by atomic mass is 79.9. The molecule has 1 unspecified atom stereocenters. The molecule has 2 nitrogen and oxygen atoms in total. The van der Waals surface area contributed by atoms with E-state index in [-0.39, 0.29) is 11.8 Å². The molecule has 0 bridgehead atoms. The van der Waals surface area contributed by atoms with E-state index in [2.05, 4.69) is 39.4 Å². The Labute approximate surface area is 133 Å². The van der Waals surface area contributed by atoms with Crippen molar-refractivity contribution >= 4 is 27.5 Å². The summed E-state index contributed by atoms with van der Waals surface area (Å²) in [6.45, 7) is 2.02. The zero-order valence-corrected chi connectivity index (χ0v) is 13.6. The molecule has 0 heterocycles. The minimum absolute atomic E-state index is 0.0288. The van der Waals surface area contributed by atoms with Crippen LogP contribution in [0.3, 0.4) is 0 Å². The van der Waals surface area contributed by atoms with Gasteiger partial charge in [0.2, 0.25) is 5.91 Å². The molecule has 1 aliphatic rings. The number of fused-ring (bicyclic) bond motifs is 1. The number of halogens is 1. The Balaban J connectivity index is 1.81. The van der Waals surface area contributed by atoms with Gasteiger partial charge in [0.15, 0.2) is 0 Å². The van der Waals surface area contributed by atoms with Gasteiger partial charge in [-0.3, -0.25) is 4.79 Å². The fraction of sp³-hybridized carbons (Fsp3) is 0.278. The van der Waals surface area contributed by atoms with Crippen LogP contribution in [0.25, 0.3) is 0 Å². The highest BCUT2D eigenvalue weighted by Gasteiger charge is 2.26. The molecule has 21 heavy (non-hydrogen) atoms. The summed E-state index contributed by atoms with van der Waals surface area (Å²) in [6.07, 6.45) is 3.09. The van der Waals surface area contributed by atoms with E-state index in [0.29, 0.717) is 0 Å². The van der Waals surface area contributed by atoms with Crippen molar-refractivity contribution in [2.24, 2.45) is 0 Å². The summed E-state index contributed by atoms with van der Waals surface area (Å²) < 4.78 is 1.06. The predicted octanol–water partition coefficient (Wildman–Crippen LogP) is 4.82. The van der Waals surface area contributed by atoms with E-state index in [0.717, 1.165) is 35.0 Å². The lowest BCUT2D eigenvalue weighted by atomic mass is 9.82. The highest BCUT2D eigenvalue weighted by Crippen LogP contribution is 2.32. The van der Waals surface area contributed by atoms with Gasteiger partial charge in [-0.25, -0.2) is 0 Å². The van der Waals surface area contributed by atoms with Gasteiger partial charge in [0, 0.05) is 10.2 Å². The van der Waals surface area contributed by atoms with Gasteiger partial charge in [0.25, 0.3) is 0 Å². The molecule has 1 aliphatic carbocycles. The fourth-order valence-electron chi connectivity index (χ4n) is 2.98. The molecule has 0 aliphatic heterocycles. The molecular formula is C18H18BrNO. The quantitative estimate of drug-likeness (QED) is 0.832. The number of rotatable bonds is 2. The van der Waals surface area contributed by atoms with E-state index >= 15 is 0 Å². The van der Waals surface area contributed by atoms with Crippen LogP contribution in [0.4, 0.5) is 5.69 Å². The molecule has 0 saturated carbocycles. The van der Waals surface area contributed by atoms with E-state index in [1.807, 2.05) is 31.2 Å². The Morgan fingerprint density at radius 2 is 2.05 bits per heavy atom. The monoisotopic (exact) mass is 343 g/mol. The molecular weight excluding hydrogens is 326 g/mol. The molecule has 1 amide bonds. The molecule has 0 radical (unpaired) electrons. The van der Waals surface area contributed by atoms with Crippen LogP contribution in [-0.4, -0.2) is 5.91 Å². The third-order valence-corrected chi connectivity index (χ3v) is 5.00. The summed E-state index contributed by atoms with van der Waals surface area (Å²) in [5, 5.41) is 3.06.